The molecule has 0 spiro atoms. The fourth-order valence-corrected chi connectivity index (χ4v) is 4.82. The van der Waals surface area contributed by atoms with E-state index in [2.05, 4.69) is 5.43 Å². The van der Waals surface area contributed by atoms with Crippen LogP contribution in [-0.2, 0) is 10.0 Å². The fraction of sp³-hybridized carbons (Fsp3) is 0.286. The van der Waals surface area contributed by atoms with E-state index in [0.29, 0.717) is 11.6 Å². The molecule has 2 N–H and O–H groups in total. The second-order valence-corrected chi connectivity index (χ2v) is 8.96. The molecule has 0 unspecified atom stereocenters. The first-order chi connectivity index (χ1) is 15.0. The molecular weight excluding hydrogens is 447 g/mol. The minimum Gasteiger partial charge on any atom is -0.359 e. The molecule has 1 atom stereocenters. The van der Waals surface area contributed by atoms with E-state index < -0.39 is 27.8 Å². The number of hydrogen-bond acceptors (Lipinski definition) is 5. The molecule has 1 amide bonds. The van der Waals surface area contributed by atoms with E-state index in [1.54, 1.807) is 32.0 Å². The lowest BCUT2D eigenvalue weighted by Gasteiger charge is -2.33. The number of carbonyl (C=O) groups is 1. The highest BCUT2D eigenvalue weighted by Gasteiger charge is 2.61. The van der Waals surface area contributed by atoms with Crippen LogP contribution >= 0.6 is 0 Å². The lowest BCUT2D eigenvalue weighted by molar-refractivity contribution is -0.283. The SMILES string of the molecule is CCN(CC)S(=O)(=O)c1cccc(C(=O)N2NC(c3ccccc3)=C[C@]2(O)C(F)(F)F)c1. The van der Waals surface area contributed by atoms with Gasteiger partial charge in [0.05, 0.1) is 10.6 Å². The first-order valence-corrected chi connectivity index (χ1v) is 11.2. The molecule has 2 aromatic carbocycles. The highest BCUT2D eigenvalue weighted by molar-refractivity contribution is 7.89. The van der Waals surface area contributed by atoms with Gasteiger partial charge in [0.25, 0.3) is 11.6 Å². The number of halogens is 3. The Kier molecular flexibility index (Phi) is 6.36. The van der Waals surface area contributed by atoms with Crippen LogP contribution in [0.2, 0.25) is 0 Å². The zero-order valence-electron chi connectivity index (χ0n) is 17.3. The van der Waals surface area contributed by atoms with Crippen molar-refractivity contribution in [2.45, 2.75) is 30.6 Å². The van der Waals surface area contributed by atoms with Gasteiger partial charge in [-0.3, -0.25) is 10.2 Å². The van der Waals surface area contributed by atoms with Gasteiger partial charge in [0.15, 0.2) is 0 Å². The van der Waals surface area contributed by atoms with Crippen molar-refractivity contribution in [3.05, 3.63) is 71.8 Å². The molecule has 7 nitrogen and oxygen atoms in total. The molecule has 172 valence electrons. The van der Waals surface area contributed by atoms with Crippen molar-refractivity contribution in [3.8, 4) is 0 Å². The summed E-state index contributed by atoms with van der Waals surface area (Å²) in [5, 5.41) is 10.5. The van der Waals surface area contributed by atoms with Crippen LogP contribution in [0.3, 0.4) is 0 Å². The van der Waals surface area contributed by atoms with Crippen LogP contribution in [0.15, 0.2) is 65.6 Å². The molecule has 0 saturated carbocycles. The van der Waals surface area contributed by atoms with E-state index in [4.69, 9.17) is 0 Å². The molecule has 0 saturated heterocycles. The van der Waals surface area contributed by atoms with Crippen LogP contribution in [-0.4, -0.2) is 53.7 Å². The molecule has 0 fully saturated rings. The third-order valence-electron chi connectivity index (χ3n) is 5.05. The summed E-state index contributed by atoms with van der Waals surface area (Å²) in [6, 6.07) is 12.6. The number of nitrogens with one attached hydrogen (secondary N) is 1. The van der Waals surface area contributed by atoms with Gasteiger partial charge in [-0.2, -0.15) is 17.5 Å². The summed E-state index contributed by atoms with van der Waals surface area (Å²) in [5.74, 6) is -1.25. The van der Waals surface area contributed by atoms with Crippen LogP contribution in [0, 0.1) is 0 Å². The summed E-state index contributed by atoms with van der Waals surface area (Å²) in [4.78, 5) is 12.8. The average molecular weight is 469 g/mol. The Morgan fingerprint density at radius 1 is 1.09 bits per heavy atom. The van der Waals surface area contributed by atoms with Gasteiger partial charge in [-0.15, -0.1) is 0 Å². The molecule has 3 rings (SSSR count). The van der Waals surface area contributed by atoms with Crippen LogP contribution in [0.1, 0.15) is 29.8 Å². The first kappa shape index (κ1) is 23.8. The molecule has 1 aliphatic heterocycles. The maximum atomic E-state index is 13.8. The van der Waals surface area contributed by atoms with Crippen molar-refractivity contribution in [3.63, 3.8) is 0 Å². The van der Waals surface area contributed by atoms with Crippen molar-refractivity contribution in [2.75, 3.05) is 13.1 Å². The molecule has 1 heterocycles. The number of hydrazine groups is 1. The van der Waals surface area contributed by atoms with Gasteiger partial charge in [0.2, 0.25) is 10.0 Å². The molecule has 1 aliphatic rings. The van der Waals surface area contributed by atoms with E-state index in [1.165, 1.54) is 30.3 Å². The molecule has 0 aromatic heterocycles. The monoisotopic (exact) mass is 469 g/mol. The average Bonchev–Trinajstić information content (AvgIpc) is 3.13. The zero-order chi connectivity index (χ0) is 23.7. The summed E-state index contributed by atoms with van der Waals surface area (Å²) in [5.41, 5.74) is -1.45. The van der Waals surface area contributed by atoms with Crippen molar-refractivity contribution in [2.24, 2.45) is 0 Å². The lowest BCUT2D eigenvalue weighted by atomic mass is 10.1. The Labute approximate surface area is 183 Å². The maximum absolute atomic E-state index is 13.8. The minimum atomic E-state index is -5.23. The third-order valence-corrected chi connectivity index (χ3v) is 7.09. The number of nitrogens with zero attached hydrogens (tertiary/aromatic N) is 2. The molecule has 0 radical (unpaired) electrons. The summed E-state index contributed by atoms with van der Waals surface area (Å²) < 4.78 is 68.1. The van der Waals surface area contributed by atoms with Crippen molar-refractivity contribution < 1.29 is 31.5 Å². The molecule has 0 aliphatic carbocycles. The van der Waals surface area contributed by atoms with Crippen LogP contribution < -0.4 is 5.43 Å². The molecule has 32 heavy (non-hydrogen) atoms. The largest absolute Gasteiger partial charge is 0.442 e. The van der Waals surface area contributed by atoms with Crippen LogP contribution in [0.25, 0.3) is 5.70 Å². The van der Waals surface area contributed by atoms with Gasteiger partial charge < -0.3 is 5.11 Å². The van der Waals surface area contributed by atoms with Crippen molar-refractivity contribution >= 4 is 21.6 Å². The first-order valence-electron chi connectivity index (χ1n) is 9.74. The quantitative estimate of drug-likeness (QED) is 0.679. The predicted octanol–water partition coefficient (Wildman–Crippen LogP) is 2.97. The summed E-state index contributed by atoms with van der Waals surface area (Å²) >= 11 is 0. The summed E-state index contributed by atoms with van der Waals surface area (Å²) in [6.45, 7) is 3.65. The minimum absolute atomic E-state index is 0.0540. The number of sulfonamides is 1. The highest BCUT2D eigenvalue weighted by Crippen LogP contribution is 2.40. The fourth-order valence-electron chi connectivity index (χ4n) is 3.31. The van der Waals surface area contributed by atoms with E-state index in [-0.39, 0.29) is 34.3 Å². The zero-order valence-corrected chi connectivity index (χ0v) is 18.1. The van der Waals surface area contributed by atoms with Gasteiger partial charge in [-0.05, 0) is 23.8 Å². The maximum Gasteiger partial charge on any atom is 0.442 e. The lowest BCUT2D eigenvalue weighted by Crippen LogP contribution is -2.60. The molecule has 11 heteroatoms. The molecular formula is C21H22F3N3O4S. The number of hydrogen-bond donors (Lipinski definition) is 2. The van der Waals surface area contributed by atoms with E-state index in [9.17, 15) is 31.5 Å². The third kappa shape index (κ3) is 4.10. The smallest absolute Gasteiger partial charge is 0.359 e. The second kappa shape index (κ2) is 8.57. The number of benzene rings is 2. The van der Waals surface area contributed by atoms with Gasteiger partial charge in [0.1, 0.15) is 0 Å². The van der Waals surface area contributed by atoms with Crippen LogP contribution in [0.5, 0.6) is 0 Å². The molecule has 0 bridgehead atoms. The number of aliphatic hydroxyl groups is 1. The normalized spacial score (nSPS) is 19.1. The standard InChI is InChI=1S/C21H22F3N3O4S/c1-3-26(4-2)32(30,31)17-12-8-11-16(13-17)19(28)27-20(29,21(22,23)24)14-18(25-27)15-9-6-5-7-10-15/h5-14,25,29H,3-4H2,1-2H3/t20-/m0/s1. The summed E-state index contributed by atoms with van der Waals surface area (Å²) in [7, 11) is -3.95. The van der Waals surface area contributed by atoms with Gasteiger partial charge in [0, 0.05) is 24.7 Å². The molecule has 2 aromatic rings. The predicted molar refractivity (Wildman–Crippen MR) is 111 cm³/mol. The van der Waals surface area contributed by atoms with Crippen molar-refractivity contribution in [1.29, 1.82) is 0 Å². The Balaban J connectivity index is 2.02. The van der Waals surface area contributed by atoms with Gasteiger partial charge in [-0.1, -0.05) is 50.2 Å². The van der Waals surface area contributed by atoms with E-state index in [0.717, 1.165) is 10.4 Å². The number of rotatable bonds is 6. The number of amides is 1. The number of carbonyl (C=O) groups excluding carboxylic acids is 1. The Morgan fingerprint density at radius 3 is 2.28 bits per heavy atom. The van der Waals surface area contributed by atoms with Crippen LogP contribution in [0.4, 0.5) is 13.2 Å². The Bertz CT molecular complexity index is 1130. The van der Waals surface area contributed by atoms with E-state index in [1.807, 2.05) is 0 Å². The summed E-state index contributed by atoms with van der Waals surface area (Å²) in [6.07, 6.45) is -4.71. The van der Waals surface area contributed by atoms with Gasteiger partial charge in [-0.25, -0.2) is 13.4 Å². The number of alkyl halides is 3. The van der Waals surface area contributed by atoms with E-state index >= 15 is 0 Å². The van der Waals surface area contributed by atoms with Crippen molar-refractivity contribution in [1.82, 2.24) is 14.7 Å². The van der Waals surface area contributed by atoms with Gasteiger partial charge >= 0.3 is 6.18 Å². The Hall–Kier alpha value is -2.89. The Morgan fingerprint density at radius 2 is 1.72 bits per heavy atom. The highest BCUT2D eigenvalue weighted by atomic mass is 32.2. The second-order valence-electron chi connectivity index (χ2n) is 7.02. The topological polar surface area (TPSA) is 90.0 Å².